The Morgan fingerprint density at radius 2 is 1.91 bits per heavy atom. The van der Waals surface area contributed by atoms with Crippen LogP contribution in [0.1, 0.15) is 5.56 Å². The number of aromatic nitrogens is 3. The summed E-state index contributed by atoms with van der Waals surface area (Å²) in [7, 11) is 5.28. The van der Waals surface area contributed by atoms with Crippen molar-refractivity contribution in [2.75, 3.05) is 26.2 Å². The second kappa shape index (κ2) is 5.93. The molecule has 1 aromatic carbocycles. The van der Waals surface area contributed by atoms with E-state index < -0.39 is 0 Å². The van der Waals surface area contributed by atoms with E-state index in [1.807, 2.05) is 43.6 Å². The largest absolute Gasteiger partial charge is 0.493 e. The van der Waals surface area contributed by atoms with Crippen molar-refractivity contribution in [3.8, 4) is 11.5 Å². The quantitative estimate of drug-likeness (QED) is 0.724. The minimum atomic E-state index is 0.720. The van der Waals surface area contributed by atoms with Gasteiger partial charge < -0.3 is 14.4 Å². The predicted molar refractivity (Wildman–Crippen MR) is 84.6 cm³/mol. The van der Waals surface area contributed by atoms with Crippen molar-refractivity contribution >= 4 is 11.5 Å². The molecule has 6 heteroatoms. The lowest BCUT2D eigenvalue weighted by molar-refractivity contribution is 0.354. The summed E-state index contributed by atoms with van der Waals surface area (Å²) in [4.78, 5) is 6.66. The first kappa shape index (κ1) is 14.2. The van der Waals surface area contributed by atoms with Gasteiger partial charge in [-0.2, -0.15) is 5.10 Å². The van der Waals surface area contributed by atoms with Crippen LogP contribution in [0.15, 0.2) is 42.7 Å². The van der Waals surface area contributed by atoms with Gasteiger partial charge in [0, 0.05) is 25.9 Å². The van der Waals surface area contributed by atoms with Crippen LogP contribution in [0.2, 0.25) is 0 Å². The fourth-order valence-corrected chi connectivity index (χ4v) is 2.35. The van der Waals surface area contributed by atoms with E-state index in [-0.39, 0.29) is 0 Å². The molecule has 0 aliphatic heterocycles. The van der Waals surface area contributed by atoms with Crippen molar-refractivity contribution in [3.63, 3.8) is 0 Å². The molecule has 0 aliphatic rings. The molecule has 0 spiro atoms. The van der Waals surface area contributed by atoms with E-state index in [1.54, 1.807) is 24.9 Å². The Hall–Kier alpha value is -2.76. The molecule has 0 bridgehead atoms. The van der Waals surface area contributed by atoms with Gasteiger partial charge in [0.25, 0.3) is 0 Å². The molecule has 114 valence electrons. The summed E-state index contributed by atoms with van der Waals surface area (Å²) in [5, 5.41) is 4.15. The van der Waals surface area contributed by atoms with E-state index in [2.05, 4.69) is 15.0 Å². The maximum atomic E-state index is 5.34. The third-order valence-electron chi connectivity index (χ3n) is 3.50. The standard InChI is InChI=1S/C16H18N4O2/c1-19(15-7-9-20-16(18-15)6-8-17-20)11-12-4-5-13(21-2)14(10-12)22-3/h4-10H,11H2,1-3H3. The molecule has 22 heavy (non-hydrogen) atoms. The Balaban J connectivity index is 1.82. The first-order chi connectivity index (χ1) is 10.7. The van der Waals surface area contributed by atoms with E-state index in [4.69, 9.17) is 9.47 Å². The van der Waals surface area contributed by atoms with Gasteiger partial charge in [0.15, 0.2) is 17.1 Å². The predicted octanol–water partition coefficient (Wildman–Crippen LogP) is 2.38. The molecule has 6 nitrogen and oxygen atoms in total. The van der Waals surface area contributed by atoms with Gasteiger partial charge in [0.1, 0.15) is 5.82 Å². The van der Waals surface area contributed by atoms with Crippen LogP contribution in [0.3, 0.4) is 0 Å². The van der Waals surface area contributed by atoms with Gasteiger partial charge in [-0.3, -0.25) is 0 Å². The number of fused-ring (bicyclic) bond motifs is 1. The minimum Gasteiger partial charge on any atom is -0.493 e. The average Bonchev–Trinajstić information content (AvgIpc) is 3.02. The van der Waals surface area contributed by atoms with Crippen molar-refractivity contribution in [1.82, 2.24) is 14.6 Å². The van der Waals surface area contributed by atoms with Crippen molar-refractivity contribution in [2.45, 2.75) is 6.54 Å². The van der Waals surface area contributed by atoms with Crippen LogP contribution in [-0.4, -0.2) is 35.9 Å². The van der Waals surface area contributed by atoms with Gasteiger partial charge in [0.2, 0.25) is 0 Å². The number of ether oxygens (including phenoxy) is 2. The molecule has 0 amide bonds. The second-order valence-corrected chi connectivity index (χ2v) is 4.97. The summed E-state index contributed by atoms with van der Waals surface area (Å²) >= 11 is 0. The molecule has 0 saturated carbocycles. The first-order valence-electron chi connectivity index (χ1n) is 6.93. The Labute approximate surface area is 128 Å². The van der Waals surface area contributed by atoms with Gasteiger partial charge in [-0.05, 0) is 23.8 Å². The smallest absolute Gasteiger partial charge is 0.161 e. The summed E-state index contributed by atoms with van der Waals surface area (Å²) in [6.07, 6.45) is 3.64. The molecule has 0 saturated heterocycles. The SMILES string of the molecule is COc1ccc(CN(C)c2ccn3nccc3n2)cc1OC. The van der Waals surface area contributed by atoms with Crippen LogP contribution in [0.4, 0.5) is 5.82 Å². The second-order valence-electron chi connectivity index (χ2n) is 4.97. The third-order valence-corrected chi connectivity index (χ3v) is 3.50. The number of nitrogens with zero attached hydrogens (tertiary/aromatic N) is 4. The average molecular weight is 298 g/mol. The molecule has 0 N–H and O–H groups in total. The lowest BCUT2D eigenvalue weighted by atomic mass is 10.2. The number of hydrogen-bond donors (Lipinski definition) is 0. The molecule has 3 rings (SSSR count). The van der Waals surface area contributed by atoms with E-state index in [1.165, 1.54) is 0 Å². The molecule has 0 aliphatic carbocycles. The molecule has 0 atom stereocenters. The maximum absolute atomic E-state index is 5.34. The number of benzene rings is 1. The summed E-state index contributed by atoms with van der Waals surface area (Å²) < 4.78 is 12.3. The van der Waals surface area contributed by atoms with Crippen molar-refractivity contribution in [3.05, 3.63) is 48.3 Å². The van der Waals surface area contributed by atoms with Gasteiger partial charge in [-0.1, -0.05) is 6.07 Å². The van der Waals surface area contributed by atoms with Gasteiger partial charge in [-0.25, -0.2) is 9.50 Å². The summed E-state index contributed by atoms with van der Waals surface area (Å²) in [6.45, 7) is 0.720. The zero-order valence-corrected chi connectivity index (χ0v) is 12.9. The van der Waals surface area contributed by atoms with Crippen LogP contribution in [0, 0.1) is 0 Å². The molecular weight excluding hydrogens is 280 g/mol. The third kappa shape index (κ3) is 2.67. The highest BCUT2D eigenvalue weighted by Gasteiger charge is 2.09. The lowest BCUT2D eigenvalue weighted by Gasteiger charge is -2.19. The van der Waals surface area contributed by atoms with Crippen molar-refractivity contribution in [2.24, 2.45) is 0 Å². The zero-order chi connectivity index (χ0) is 15.5. The topological polar surface area (TPSA) is 51.9 Å². The van der Waals surface area contributed by atoms with E-state index in [0.29, 0.717) is 0 Å². The van der Waals surface area contributed by atoms with Crippen LogP contribution in [0.5, 0.6) is 11.5 Å². The fraction of sp³-hybridized carbons (Fsp3) is 0.250. The summed E-state index contributed by atoms with van der Waals surface area (Å²) in [5.74, 6) is 2.35. The number of methoxy groups -OCH3 is 2. The monoisotopic (exact) mass is 298 g/mol. The Kier molecular flexibility index (Phi) is 3.82. The van der Waals surface area contributed by atoms with Crippen LogP contribution < -0.4 is 14.4 Å². The van der Waals surface area contributed by atoms with Gasteiger partial charge in [0.05, 0.1) is 20.4 Å². The summed E-state index contributed by atoms with van der Waals surface area (Å²) in [6, 6.07) is 9.74. The van der Waals surface area contributed by atoms with Crippen LogP contribution in [-0.2, 0) is 6.54 Å². The Morgan fingerprint density at radius 3 is 2.68 bits per heavy atom. The molecule has 0 radical (unpaired) electrons. The molecule has 0 fully saturated rings. The van der Waals surface area contributed by atoms with E-state index in [9.17, 15) is 0 Å². The Bertz CT molecular complexity index is 785. The number of hydrogen-bond acceptors (Lipinski definition) is 5. The number of anilines is 1. The van der Waals surface area contributed by atoms with Gasteiger partial charge in [-0.15, -0.1) is 0 Å². The minimum absolute atomic E-state index is 0.720. The number of rotatable bonds is 5. The maximum Gasteiger partial charge on any atom is 0.161 e. The summed E-state index contributed by atoms with van der Waals surface area (Å²) in [5.41, 5.74) is 1.95. The van der Waals surface area contributed by atoms with Gasteiger partial charge >= 0.3 is 0 Å². The van der Waals surface area contributed by atoms with E-state index >= 15 is 0 Å². The highest BCUT2D eigenvalue weighted by molar-refractivity contribution is 5.48. The molecule has 0 unspecified atom stereocenters. The molecule has 3 aromatic rings. The van der Waals surface area contributed by atoms with Crippen molar-refractivity contribution in [1.29, 1.82) is 0 Å². The van der Waals surface area contributed by atoms with E-state index in [0.717, 1.165) is 35.1 Å². The zero-order valence-electron chi connectivity index (χ0n) is 12.9. The normalized spacial score (nSPS) is 10.7. The Morgan fingerprint density at radius 1 is 1.09 bits per heavy atom. The van der Waals surface area contributed by atoms with Crippen molar-refractivity contribution < 1.29 is 9.47 Å². The first-order valence-corrected chi connectivity index (χ1v) is 6.93. The van der Waals surface area contributed by atoms with Crippen LogP contribution in [0.25, 0.3) is 5.65 Å². The fourth-order valence-electron chi connectivity index (χ4n) is 2.35. The molecular formula is C16H18N4O2. The highest BCUT2D eigenvalue weighted by Crippen LogP contribution is 2.28. The molecule has 2 aromatic heterocycles. The lowest BCUT2D eigenvalue weighted by Crippen LogP contribution is -2.18. The highest BCUT2D eigenvalue weighted by atomic mass is 16.5. The molecule has 2 heterocycles. The van der Waals surface area contributed by atoms with Crippen LogP contribution >= 0.6 is 0 Å².